The van der Waals surface area contributed by atoms with E-state index in [-0.39, 0.29) is 18.1 Å². The van der Waals surface area contributed by atoms with Gasteiger partial charge in [-0.25, -0.2) is 0 Å². The Morgan fingerprint density at radius 2 is 1.94 bits per heavy atom. The van der Waals surface area contributed by atoms with E-state index in [4.69, 9.17) is 4.74 Å². The Bertz CT molecular complexity index is 253. The standard InChI is InChI=1S/C14H28N2O2/c1-14(2,3)18-11-13(17)15-8-5-12-6-9-16(4)10-7-12/h12H,5-11H2,1-4H3,(H,15,17). The summed E-state index contributed by atoms with van der Waals surface area (Å²) in [4.78, 5) is 13.9. The molecule has 1 fully saturated rings. The highest BCUT2D eigenvalue weighted by atomic mass is 16.5. The van der Waals surface area contributed by atoms with Crippen LogP contribution in [0, 0.1) is 5.92 Å². The molecule has 0 radical (unpaired) electrons. The quantitative estimate of drug-likeness (QED) is 0.813. The second kappa shape index (κ2) is 7.10. The molecule has 1 aliphatic heterocycles. The molecule has 0 bridgehead atoms. The van der Waals surface area contributed by atoms with Crippen molar-refractivity contribution in [1.82, 2.24) is 10.2 Å². The third-order valence-corrected chi connectivity index (χ3v) is 3.35. The van der Waals surface area contributed by atoms with E-state index < -0.39 is 0 Å². The molecule has 1 heterocycles. The average molecular weight is 256 g/mol. The predicted octanol–water partition coefficient (Wildman–Crippen LogP) is 1.65. The fourth-order valence-electron chi connectivity index (χ4n) is 2.10. The maximum absolute atomic E-state index is 11.5. The summed E-state index contributed by atoms with van der Waals surface area (Å²) in [5.74, 6) is 0.767. The van der Waals surface area contributed by atoms with Gasteiger partial charge < -0.3 is 15.0 Å². The summed E-state index contributed by atoms with van der Waals surface area (Å²) in [5, 5.41) is 2.94. The number of hydrogen-bond acceptors (Lipinski definition) is 3. The van der Waals surface area contributed by atoms with Crippen molar-refractivity contribution in [3.63, 3.8) is 0 Å². The minimum absolute atomic E-state index is 0.00199. The molecule has 4 nitrogen and oxygen atoms in total. The zero-order chi connectivity index (χ0) is 13.6. The Labute approximate surface area is 111 Å². The first-order valence-electron chi connectivity index (χ1n) is 6.96. The van der Waals surface area contributed by atoms with E-state index in [2.05, 4.69) is 17.3 Å². The zero-order valence-electron chi connectivity index (χ0n) is 12.3. The number of amides is 1. The number of nitrogens with zero attached hydrogens (tertiary/aromatic N) is 1. The van der Waals surface area contributed by atoms with Crippen molar-refractivity contribution in [3.05, 3.63) is 0 Å². The number of ether oxygens (including phenoxy) is 1. The number of carbonyl (C=O) groups excluding carboxylic acids is 1. The summed E-state index contributed by atoms with van der Waals surface area (Å²) >= 11 is 0. The van der Waals surface area contributed by atoms with Gasteiger partial charge in [-0.3, -0.25) is 4.79 Å². The van der Waals surface area contributed by atoms with Crippen LogP contribution in [0.1, 0.15) is 40.0 Å². The van der Waals surface area contributed by atoms with E-state index in [0.717, 1.165) is 18.9 Å². The number of nitrogens with one attached hydrogen (secondary N) is 1. The van der Waals surface area contributed by atoms with E-state index >= 15 is 0 Å². The van der Waals surface area contributed by atoms with E-state index in [1.54, 1.807) is 0 Å². The molecular formula is C14H28N2O2. The second-order valence-electron chi connectivity index (χ2n) is 6.29. The fourth-order valence-corrected chi connectivity index (χ4v) is 2.10. The van der Waals surface area contributed by atoms with Crippen LogP contribution in [0.15, 0.2) is 0 Å². The first kappa shape index (κ1) is 15.4. The average Bonchev–Trinajstić information content (AvgIpc) is 2.28. The first-order chi connectivity index (χ1) is 8.37. The minimum Gasteiger partial charge on any atom is -0.366 e. The van der Waals surface area contributed by atoms with Gasteiger partial charge in [0.2, 0.25) is 5.91 Å². The van der Waals surface area contributed by atoms with Gasteiger partial charge in [0, 0.05) is 6.54 Å². The van der Waals surface area contributed by atoms with Gasteiger partial charge in [0.15, 0.2) is 0 Å². The Morgan fingerprint density at radius 3 is 2.50 bits per heavy atom. The highest BCUT2D eigenvalue weighted by molar-refractivity contribution is 5.77. The molecule has 0 saturated carbocycles. The van der Waals surface area contributed by atoms with Crippen molar-refractivity contribution < 1.29 is 9.53 Å². The topological polar surface area (TPSA) is 41.6 Å². The van der Waals surface area contributed by atoms with Crippen LogP contribution in [0.3, 0.4) is 0 Å². The van der Waals surface area contributed by atoms with Gasteiger partial charge in [-0.15, -0.1) is 0 Å². The van der Waals surface area contributed by atoms with Crippen molar-refractivity contribution in [2.45, 2.75) is 45.6 Å². The first-order valence-corrected chi connectivity index (χ1v) is 6.96. The van der Waals surface area contributed by atoms with Gasteiger partial charge in [0.1, 0.15) is 6.61 Å². The molecule has 1 amide bonds. The highest BCUT2D eigenvalue weighted by Gasteiger charge is 2.17. The molecular weight excluding hydrogens is 228 g/mol. The van der Waals surface area contributed by atoms with E-state index in [9.17, 15) is 4.79 Å². The normalized spacial score (nSPS) is 18.9. The smallest absolute Gasteiger partial charge is 0.246 e. The molecule has 1 saturated heterocycles. The SMILES string of the molecule is CN1CCC(CCNC(=O)COC(C)(C)C)CC1. The van der Waals surface area contributed by atoms with Gasteiger partial charge in [-0.1, -0.05) is 0 Å². The Hall–Kier alpha value is -0.610. The van der Waals surface area contributed by atoms with Crippen LogP contribution in [0.25, 0.3) is 0 Å². The molecule has 0 aromatic carbocycles. The number of hydrogen-bond donors (Lipinski definition) is 1. The molecule has 1 rings (SSSR count). The van der Waals surface area contributed by atoms with Gasteiger partial charge in [0.25, 0.3) is 0 Å². The van der Waals surface area contributed by atoms with Crippen LogP contribution in [-0.4, -0.2) is 49.7 Å². The molecule has 1 aliphatic rings. The Kier molecular flexibility index (Phi) is 6.09. The number of piperidine rings is 1. The van der Waals surface area contributed by atoms with E-state index in [1.165, 1.54) is 25.9 Å². The monoisotopic (exact) mass is 256 g/mol. The summed E-state index contributed by atoms with van der Waals surface area (Å²) in [5.41, 5.74) is -0.245. The van der Waals surface area contributed by atoms with Crippen LogP contribution < -0.4 is 5.32 Å². The van der Waals surface area contributed by atoms with Crippen molar-refractivity contribution in [2.24, 2.45) is 5.92 Å². The number of carbonyl (C=O) groups is 1. The van der Waals surface area contributed by atoms with Crippen LogP contribution in [0.5, 0.6) is 0 Å². The summed E-state index contributed by atoms with van der Waals surface area (Å²) < 4.78 is 5.43. The maximum atomic E-state index is 11.5. The molecule has 0 aliphatic carbocycles. The molecule has 0 unspecified atom stereocenters. The predicted molar refractivity (Wildman–Crippen MR) is 73.6 cm³/mol. The Morgan fingerprint density at radius 1 is 1.33 bits per heavy atom. The lowest BCUT2D eigenvalue weighted by Gasteiger charge is -2.28. The third-order valence-electron chi connectivity index (χ3n) is 3.35. The molecule has 106 valence electrons. The van der Waals surface area contributed by atoms with Crippen LogP contribution in [0.4, 0.5) is 0 Å². The van der Waals surface area contributed by atoms with Gasteiger partial charge in [-0.05, 0) is 66.1 Å². The number of rotatable bonds is 5. The van der Waals surface area contributed by atoms with Crippen LogP contribution in [-0.2, 0) is 9.53 Å². The Balaban J connectivity index is 2.05. The molecule has 1 N–H and O–H groups in total. The zero-order valence-corrected chi connectivity index (χ0v) is 12.3. The summed E-state index contributed by atoms with van der Waals surface area (Å²) in [6.07, 6.45) is 3.60. The van der Waals surface area contributed by atoms with Crippen molar-refractivity contribution in [1.29, 1.82) is 0 Å². The second-order valence-corrected chi connectivity index (χ2v) is 6.29. The lowest BCUT2D eigenvalue weighted by Crippen LogP contribution is -2.35. The van der Waals surface area contributed by atoms with E-state index in [1.807, 2.05) is 20.8 Å². The molecule has 0 spiro atoms. The van der Waals surface area contributed by atoms with Crippen molar-refractivity contribution in [3.8, 4) is 0 Å². The van der Waals surface area contributed by atoms with Crippen molar-refractivity contribution in [2.75, 3.05) is 33.3 Å². The highest BCUT2D eigenvalue weighted by Crippen LogP contribution is 2.18. The molecule has 0 aromatic heterocycles. The lowest BCUT2D eigenvalue weighted by molar-refractivity contribution is -0.130. The van der Waals surface area contributed by atoms with Gasteiger partial charge in [0.05, 0.1) is 5.60 Å². The van der Waals surface area contributed by atoms with Crippen molar-refractivity contribution >= 4 is 5.91 Å². The van der Waals surface area contributed by atoms with Crippen LogP contribution >= 0.6 is 0 Å². The summed E-state index contributed by atoms with van der Waals surface area (Å²) in [7, 11) is 2.17. The van der Waals surface area contributed by atoms with Crippen LogP contribution in [0.2, 0.25) is 0 Å². The minimum atomic E-state index is -0.245. The third kappa shape index (κ3) is 6.97. The maximum Gasteiger partial charge on any atom is 0.246 e. The summed E-state index contributed by atoms with van der Waals surface area (Å²) in [6.45, 7) is 9.19. The van der Waals surface area contributed by atoms with Gasteiger partial charge >= 0.3 is 0 Å². The number of likely N-dealkylation sites (tertiary alicyclic amines) is 1. The fraction of sp³-hybridized carbons (Fsp3) is 0.929. The van der Waals surface area contributed by atoms with Gasteiger partial charge in [-0.2, -0.15) is 0 Å². The molecule has 18 heavy (non-hydrogen) atoms. The largest absolute Gasteiger partial charge is 0.366 e. The van der Waals surface area contributed by atoms with E-state index in [0.29, 0.717) is 0 Å². The summed E-state index contributed by atoms with van der Waals surface area (Å²) in [6, 6.07) is 0. The molecule has 0 aromatic rings. The molecule has 0 atom stereocenters. The molecule has 4 heteroatoms. The lowest BCUT2D eigenvalue weighted by atomic mass is 9.94.